The number of ether oxygens (including phenoxy) is 2. The summed E-state index contributed by atoms with van der Waals surface area (Å²) < 4.78 is 71.1. The summed E-state index contributed by atoms with van der Waals surface area (Å²) in [6.07, 6.45) is -4.39. The van der Waals surface area contributed by atoms with Crippen LogP contribution in [0.1, 0.15) is 65.0 Å². The first-order valence-corrected chi connectivity index (χ1v) is 17.4. The summed E-state index contributed by atoms with van der Waals surface area (Å²) in [6, 6.07) is 11.6. The molecule has 0 aliphatic rings. The van der Waals surface area contributed by atoms with Crippen molar-refractivity contribution in [3.8, 4) is 22.9 Å². The van der Waals surface area contributed by atoms with Gasteiger partial charge in [0, 0.05) is 39.8 Å². The molecule has 0 unspecified atom stereocenters. The molecule has 6 aromatic rings. The molecule has 9 nitrogen and oxygen atoms in total. The molecule has 0 amide bonds. The number of aryl methyl sites for hydroxylation is 2. The average Bonchev–Trinajstić information content (AvgIpc) is 3.50. The minimum atomic E-state index is -4.94. The number of esters is 1. The van der Waals surface area contributed by atoms with Crippen LogP contribution in [0.25, 0.3) is 32.2 Å². The molecule has 2 aromatic carbocycles. The predicted molar refractivity (Wildman–Crippen MR) is 193 cm³/mol. The maximum Gasteiger partial charge on any atom is 0.416 e. The van der Waals surface area contributed by atoms with E-state index in [2.05, 4.69) is 15.0 Å². The van der Waals surface area contributed by atoms with Gasteiger partial charge in [0.25, 0.3) is 5.56 Å². The largest absolute Gasteiger partial charge is 0.491 e. The van der Waals surface area contributed by atoms with Gasteiger partial charge >= 0.3 is 12.1 Å². The molecule has 0 saturated carbocycles. The number of thiophene rings is 1. The van der Waals surface area contributed by atoms with Gasteiger partial charge in [-0.3, -0.25) is 19.3 Å². The van der Waals surface area contributed by atoms with Gasteiger partial charge in [0.1, 0.15) is 35.7 Å². The summed E-state index contributed by atoms with van der Waals surface area (Å²) in [5.74, 6) is -0.888. The lowest BCUT2D eigenvalue weighted by atomic mass is 9.93. The highest BCUT2D eigenvalue weighted by atomic mass is 35.5. The highest BCUT2D eigenvalue weighted by molar-refractivity contribution is 7.18. The van der Waals surface area contributed by atoms with Crippen molar-refractivity contribution in [2.75, 3.05) is 6.61 Å². The first-order chi connectivity index (χ1) is 25.0. The second-order valence-electron chi connectivity index (χ2n) is 13.1. The maximum absolute atomic E-state index is 14.5. The molecule has 272 valence electrons. The number of benzene rings is 2. The third-order valence-electron chi connectivity index (χ3n) is 8.22. The Morgan fingerprint density at radius 3 is 2.51 bits per heavy atom. The van der Waals surface area contributed by atoms with Gasteiger partial charge in [0.15, 0.2) is 0 Å². The van der Waals surface area contributed by atoms with Crippen molar-refractivity contribution in [1.82, 2.24) is 19.5 Å². The first kappa shape index (κ1) is 37.4. The van der Waals surface area contributed by atoms with Crippen molar-refractivity contribution in [3.05, 3.63) is 115 Å². The fourth-order valence-corrected chi connectivity index (χ4v) is 7.15. The van der Waals surface area contributed by atoms with Crippen molar-refractivity contribution in [1.29, 1.82) is 5.26 Å². The molecule has 0 aliphatic carbocycles. The zero-order chi connectivity index (χ0) is 38.4. The van der Waals surface area contributed by atoms with Crippen molar-refractivity contribution >= 4 is 50.0 Å². The number of halogens is 5. The molecule has 0 N–H and O–H groups in total. The second-order valence-corrected chi connectivity index (χ2v) is 14.5. The van der Waals surface area contributed by atoms with Gasteiger partial charge in [-0.05, 0) is 82.6 Å². The number of hydrogen-bond acceptors (Lipinski definition) is 9. The second kappa shape index (κ2) is 14.2. The molecule has 0 aliphatic heterocycles. The molecule has 0 atom stereocenters. The Morgan fingerprint density at radius 1 is 1.08 bits per heavy atom. The van der Waals surface area contributed by atoms with E-state index in [4.69, 9.17) is 21.1 Å². The third-order valence-corrected chi connectivity index (χ3v) is 9.45. The number of rotatable bonds is 8. The number of carbonyl (C=O) groups excluding carboxylic acids is 1. The molecular formula is C38H30ClF4N5O4S. The molecule has 53 heavy (non-hydrogen) atoms. The maximum atomic E-state index is 14.5. The number of pyridine rings is 2. The zero-order valence-corrected chi connectivity index (χ0v) is 30.6. The Morgan fingerprint density at radius 2 is 1.83 bits per heavy atom. The van der Waals surface area contributed by atoms with Gasteiger partial charge in [-0.15, -0.1) is 11.3 Å². The monoisotopic (exact) mass is 763 g/mol. The van der Waals surface area contributed by atoms with E-state index in [-0.39, 0.29) is 35.6 Å². The quantitative estimate of drug-likeness (QED) is 0.111. The summed E-state index contributed by atoms with van der Waals surface area (Å²) in [4.78, 5) is 39.7. The Hall–Kier alpha value is -5.39. The molecule has 15 heteroatoms. The van der Waals surface area contributed by atoms with Gasteiger partial charge in [-0.2, -0.15) is 18.4 Å². The predicted octanol–water partition coefficient (Wildman–Crippen LogP) is 8.99. The molecule has 0 radical (unpaired) electrons. The van der Waals surface area contributed by atoms with Crippen LogP contribution in [0.15, 0.2) is 58.8 Å². The van der Waals surface area contributed by atoms with Gasteiger partial charge < -0.3 is 9.47 Å². The average molecular weight is 764 g/mol. The van der Waals surface area contributed by atoms with Crippen LogP contribution in [-0.4, -0.2) is 37.7 Å². The number of fused-ring (bicyclic) bond motifs is 2. The molecule has 0 fully saturated rings. The SMILES string of the molecule is Cc1cc(-c2cc(Cl)ccc2OCCn2c(C)nc3cc(C(F)(F)F)c(Cc4ncccc4F)c(C#N)c3c2=O)c2scc(C(=O)OC(C)(C)C)c2n1. The highest BCUT2D eigenvalue weighted by Crippen LogP contribution is 2.41. The van der Waals surface area contributed by atoms with Gasteiger partial charge in [0.2, 0.25) is 0 Å². The Kier molecular flexibility index (Phi) is 10.0. The summed E-state index contributed by atoms with van der Waals surface area (Å²) in [5, 5.41) is 11.9. The van der Waals surface area contributed by atoms with E-state index in [0.29, 0.717) is 49.4 Å². The molecule has 0 bridgehead atoms. The number of aromatic nitrogens is 4. The van der Waals surface area contributed by atoms with Gasteiger partial charge in [-0.25, -0.2) is 14.2 Å². The number of hydrogen-bond donors (Lipinski definition) is 0. The summed E-state index contributed by atoms with van der Waals surface area (Å²) >= 11 is 7.75. The van der Waals surface area contributed by atoms with E-state index in [0.717, 1.165) is 6.07 Å². The number of nitriles is 1. The molecule has 0 spiro atoms. The Bertz CT molecular complexity index is 2540. The Balaban J connectivity index is 1.37. The van der Waals surface area contributed by atoms with E-state index in [1.54, 1.807) is 57.3 Å². The normalized spacial score (nSPS) is 11.9. The highest BCUT2D eigenvalue weighted by Gasteiger charge is 2.37. The van der Waals surface area contributed by atoms with Crippen LogP contribution in [-0.2, 0) is 23.9 Å². The number of nitrogens with zero attached hydrogens (tertiary/aromatic N) is 5. The van der Waals surface area contributed by atoms with Gasteiger partial charge in [0.05, 0.1) is 50.0 Å². The van der Waals surface area contributed by atoms with E-state index >= 15 is 0 Å². The number of alkyl halides is 3. The van der Waals surface area contributed by atoms with Gasteiger partial charge in [-0.1, -0.05) is 11.6 Å². The van der Waals surface area contributed by atoms with E-state index in [9.17, 15) is 32.4 Å². The zero-order valence-electron chi connectivity index (χ0n) is 29.0. The van der Waals surface area contributed by atoms with Crippen LogP contribution in [0.4, 0.5) is 17.6 Å². The van der Waals surface area contributed by atoms with Crippen LogP contribution >= 0.6 is 22.9 Å². The van der Waals surface area contributed by atoms with Crippen LogP contribution in [0.2, 0.25) is 5.02 Å². The topological polar surface area (TPSA) is 120 Å². The van der Waals surface area contributed by atoms with Crippen molar-refractivity contribution in [2.24, 2.45) is 0 Å². The lowest BCUT2D eigenvalue weighted by Gasteiger charge is -2.19. The smallest absolute Gasteiger partial charge is 0.416 e. The summed E-state index contributed by atoms with van der Waals surface area (Å²) in [5.41, 5.74) is -1.78. The van der Waals surface area contributed by atoms with Crippen molar-refractivity contribution in [3.63, 3.8) is 0 Å². The van der Waals surface area contributed by atoms with Crippen LogP contribution in [0.5, 0.6) is 5.75 Å². The molecule has 4 heterocycles. The van der Waals surface area contributed by atoms with E-state index in [1.165, 1.54) is 35.1 Å². The molecule has 0 saturated heterocycles. The summed E-state index contributed by atoms with van der Waals surface area (Å²) in [6.45, 7) is 8.38. The minimum Gasteiger partial charge on any atom is -0.491 e. The minimum absolute atomic E-state index is 0.0858. The van der Waals surface area contributed by atoms with Crippen molar-refractivity contribution < 1.29 is 31.8 Å². The lowest BCUT2D eigenvalue weighted by molar-refractivity contribution is -0.138. The molecular weight excluding hydrogens is 734 g/mol. The van der Waals surface area contributed by atoms with Crippen LogP contribution in [0.3, 0.4) is 0 Å². The fraction of sp³-hybridized carbons (Fsp3) is 0.263. The Labute approximate surface area is 309 Å². The van der Waals surface area contributed by atoms with Crippen LogP contribution in [0, 0.1) is 31.0 Å². The third kappa shape index (κ3) is 7.58. The lowest BCUT2D eigenvalue weighted by Crippen LogP contribution is -2.28. The molecule has 6 rings (SSSR count). The fourth-order valence-electron chi connectivity index (χ4n) is 5.97. The first-order valence-electron chi connectivity index (χ1n) is 16.2. The molecule has 4 aromatic heterocycles. The standard InChI is InChI=1S/C38H30ClF4N5O4S/c1-19-13-24(34-33(46-19)26(18-53-34)36(50)52-37(3,4)5)23-14-21(39)8-9-31(23)51-12-11-48-20(2)47-30-16-27(38(41,42)43)22(25(17-44)32(30)35(48)49)15-29-28(40)7-6-10-45-29/h6-10,13-14,16,18H,11-12,15H2,1-5H3. The van der Waals surface area contributed by atoms with E-state index < -0.39 is 52.2 Å². The van der Waals surface area contributed by atoms with Crippen molar-refractivity contribution in [2.45, 2.75) is 59.4 Å². The summed E-state index contributed by atoms with van der Waals surface area (Å²) in [7, 11) is 0. The van der Waals surface area contributed by atoms with E-state index in [1.807, 2.05) is 6.07 Å². The van der Waals surface area contributed by atoms with Crippen LogP contribution < -0.4 is 10.3 Å². The number of carbonyl (C=O) groups is 1.